The lowest BCUT2D eigenvalue weighted by molar-refractivity contribution is -0.255. The molecule has 4 aromatic heterocycles. The third-order valence-electron chi connectivity index (χ3n) is 18.5. The lowest BCUT2D eigenvalue weighted by Gasteiger charge is -2.41. The number of carbonyl (C=O) groups excluding carboxylic acids is 4. The number of nitrogens with zero attached hydrogens (tertiary/aromatic N) is 8. The van der Waals surface area contributed by atoms with Gasteiger partial charge in [-0.1, -0.05) is 54.5 Å². The second-order valence-electron chi connectivity index (χ2n) is 26.9. The molecule has 0 aliphatic carbocycles. The Morgan fingerprint density at radius 2 is 1.26 bits per heavy atom. The van der Waals surface area contributed by atoms with Crippen molar-refractivity contribution in [3.63, 3.8) is 0 Å². The van der Waals surface area contributed by atoms with E-state index >= 15 is 0 Å². The van der Waals surface area contributed by atoms with Crippen LogP contribution in [-0.2, 0) is 33.3 Å². The number of anilines is 3. The molecule has 3 amide bonds. The molecule has 10 N–H and O–H groups in total. The Bertz CT molecular complexity index is 5330. The van der Waals surface area contributed by atoms with E-state index in [1.807, 2.05) is 93.9 Å². The highest BCUT2D eigenvalue weighted by Crippen LogP contribution is 2.47. The zero-order valence-electron chi connectivity index (χ0n) is 59.1. The fraction of sp³-hybridized carbons (Fsp3) is 0.307. The van der Waals surface area contributed by atoms with Gasteiger partial charge in [0.25, 0.3) is 38.0 Å². The van der Waals surface area contributed by atoms with Gasteiger partial charge in [0.2, 0.25) is 5.36 Å². The van der Waals surface area contributed by atoms with Crippen LogP contribution in [0.1, 0.15) is 123 Å². The van der Waals surface area contributed by atoms with Crippen molar-refractivity contribution < 1.29 is 69.2 Å². The molecule has 0 radical (unpaired) electrons. The number of para-hydroxylation sites is 2. The van der Waals surface area contributed by atoms with Crippen LogP contribution in [0.2, 0.25) is 0 Å². The molecule has 7 heterocycles. The topological polar surface area (TPSA) is 413 Å². The number of fused-ring (bicyclic) bond motifs is 6. The van der Waals surface area contributed by atoms with E-state index in [1.54, 1.807) is 65.4 Å². The number of carboxylic acids is 1. The van der Waals surface area contributed by atoms with E-state index in [2.05, 4.69) is 46.5 Å². The summed E-state index contributed by atoms with van der Waals surface area (Å²) in [4.78, 5) is 71.1. The maximum Gasteiger partial charge on any atom is 0.275 e. The van der Waals surface area contributed by atoms with Crippen LogP contribution < -0.4 is 76.8 Å². The van der Waals surface area contributed by atoms with Crippen LogP contribution in [0, 0.1) is 0 Å². The maximum atomic E-state index is 14.2. The standard InChI is InChI=1S/C75H80N14O15S2/c1-74(2)38-45(42-105(95,96)97)52-32-55-65(34-61(52)87(74)5)104-66-35-62-53(46(43-106(98,99)100)39-75(3,4)88(62)6)33-56(66)69(55)54-29-44(19-20-49(54)73(93)94)70(90)79-23-13-7-8-14-25-89-41-47(85-86-89)40-78-24-28-101-48-30-59(71(91)83-67-36-63(102-26-21-76)50-15-9-11-17-57(50)81-67)80-60(31-48)72(92)84-68-37-64(103-27-22-77)51-16-10-12-18-58(51)82-68/h9-12,15-20,29-39,41,78H,7-8,13-14,21-28,40,42-43,76-77H2,1-6H3,(H5-,79,81,82,83,84,90,91,92,93,94,95,96,97,98,99,100). The number of nitrogens with one attached hydrogen (secondary N) is 4. The van der Waals surface area contributed by atoms with E-state index in [9.17, 15) is 50.2 Å². The van der Waals surface area contributed by atoms with E-state index < -0.39 is 66.5 Å². The first-order valence-corrected chi connectivity index (χ1v) is 37.5. The molecular formula is C75H80N14O15S2. The van der Waals surface area contributed by atoms with Crippen molar-refractivity contribution in [2.75, 3.05) is 87.1 Å². The quantitative estimate of drug-likeness (QED) is 0.0156. The van der Waals surface area contributed by atoms with Crippen LogP contribution in [0.15, 0.2) is 134 Å². The summed E-state index contributed by atoms with van der Waals surface area (Å²) in [5.41, 5.74) is 13.7. The van der Waals surface area contributed by atoms with Crippen LogP contribution in [0.5, 0.6) is 28.7 Å². The van der Waals surface area contributed by atoms with Gasteiger partial charge >= 0.3 is 0 Å². The van der Waals surface area contributed by atoms with Crippen LogP contribution >= 0.6 is 0 Å². The normalized spacial score (nSPS) is 14.2. The number of carboxylic acid groups (broad SMARTS) is 1. The zero-order valence-corrected chi connectivity index (χ0v) is 60.7. The molecule has 0 saturated heterocycles. The smallest absolute Gasteiger partial charge is 0.275 e. The number of unbranched alkanes of at least 4 members (excludes halogenated alkanes) is 3. The number of aryl methyl sites for hydroxylation is 1. The summed E-state index contributed by atoms with van der Waals surface area (Å²) in [5.74, 6) is -3.00. The van der Waals surface area contributed by atoms with E-state index in [0.29, 0.717) is 76.5 Å². The largest absolute Gasteiger partial charge is 0.545 e. The third kappa shape index (κ3) is 17.0. The third-order valence-corrected chi connectivity index (χ3v) is 19.8. The van der Waals surface area contributed by atoms with Gasteiger partial charge in [0.15, 0.2) is 5.54 Å². The van der Waals surface area contributed by atoms with Crippen molar-refractivity contribution in [1.29, 1.82) is 0 Å². The molecule has 5 aromatic carbocycles. The summed E-state index contributed by atoms with van der Waals surface area (Å²) in [6.45, 7) is 10.1. The minimum Gasteiger partial charge on any atom is -0.545 e. The summed E-state index contributed by atoms with van der Waals surface area (Å²) >= 11 is 0. The van der Waals surface area contributed by atoms with Gasteiger partial charge in [-0.15, -0.1) is 5.10 Å². The molecule has 31 heteroatoms. The van der Waals surface area contributed by atoms with E-state index in [0.717, 1.165) is 30.0 Å². The first kappa shape index (κ1) is 74.7. The molecule has 106 heavy (non-hydrogen) atoms. The van der Waals surface area contributed by atoms with Crippen LogP contribution in [0.25, 0.3) is 38.5 Å². The van der Waals surface area contributed by atoms with Gasteiger partial charge in [0.1, 0.15) is 90.1 Å². The van der Waals surface area contributed by atoms with Crippen molar-refractivity contribution in [3.8, 4) is 28.7 Å². The second-order valence-corrected chi connectivity index (χ2v) is 29.8. The average molecular weight is 1480 g/mol. The number of amides is 3. The van der Waals surface area contributed by atoms with E-state index in [4.69, 9.17) is 30.4 Å². The van der Waals surface area contributed by atoms with E-state index in [-0.39, 0.29) is 124 Å². The van der Waals surface area contributed by atoms with Gasteiger partial charge in [0, 0.05) is 146 Å². The Morgan fingerprint density at radius 3 is 1.88 bits per heavy atom. The number of aromatic nitrogens is 6. The number of aromatic carboxylic acids is 1. The lowest BCUT2D eigenvalue weighted by Crippen LogP contribution is -2.47. The Hall–Kier alpha value is -11.1. The summed E-state index contributed by atoms with van der Waals surface area (Å²) in [5, 5.41) is 36.0. The van der Waals surface area contributed by atoms with Gasteiger partial charge in [-0.25, -0.2) is 19.5 Å². The van der Waals surface area contributed by atoms with Crippen molar-refractivity contribution in [3.05, 3.63) is 195 Å². The zero-order chi connectivity index (χ0) is 75.4. The van der Waals surface area contributed by atoms with Crippen LogP contribution in [-0.4, -0.2) is 162 Å². The molecule has 12 rings (SSSR count). The van der Waals surface area contributed by atoms with Crippen LogP contribution in [0.3, 0.4) is 0 Å². The number of benzene rings is 5. The number of nitrogens with two attached hydrogens (primary N) is 2. The minimum absolute atomic E-state index is 0.0372. The van der Waals surface area contributed by atoms with Crippen molar-refractivity contribution in [2.24, 2.45) is 11.5 Å². The Balaban J connectivity index is 0.690. The lowest BCUT2D eigenvalue weighted by atomic mass is 9.83. The molecule has 0 saturated carbocycles. The molecule has 0 atom stereocenters. The highest BCUT2D eigenvalue weighted by atomic mass is 32.2. The fourth-order valence-electron chi connectivity index (χ4n) is 13.1. The summed E-state index contributed by atoms with van der Waals surface area (Å²) < 4.78 is 99.0. The number of likely N-dealkylation sites (N-methyl/N-ethyl adjacent to an activating group) is 2. The molecule has 0 spiro atoms. The molecule has 3 aliphatic heterocycles. The summed E-state index contributed by atoms with van der Waals surface area (Å²) in [7, 11) is -5.52. The highest BCUT2D eigenvalue weighted by molar-refractivity contribution is 7.86. The van der Waals surface area contributed by atoms with Gasteiger partial charge in [0.05, 0.1) is 39.9 Å². The van der Waals surface area contributed by atoms with Crippen LogP contribution in [0.4, 0.5) is 17.3 Å². The van der Waals surface area contributed by atoms with Gasteiger partial charge in [-0.05, 0) is 98.0 Å². The SMILES string of the molecule is CN1c2cc3c(cc2C(CS(=O)(=O)O)=CC1(C)C)C(c1cc(C(=O)NCCCCCCn2cc(CNCCOc4cc(C(=O)Nc5cc(OCCN)c6ccccc6n5)nc(C(=O)Nc5cc(OCCN)c6ccccc6n5)c4)nn2)ccc1C(=O)[O-])=c1cc2c(cc1O3)=[N+](C)C(C)(C)C=C2CS(=O)(=O)O. The Labute approximate surface area is 610 Å². The van der Waals surface area contributed by atoms with Gasteiger partial charge in [-0.2, -0.15) is 16.8 Å². The highest BCUT2D eigenvalue weighted by Gasteiger charge is 2.38. The van der Waals surface area contributed by atoms with Crippen molar-refractivity contribution in [1.82, 2.24) is 45.2 Å². The number of carbonyl (C=O) groups is 4. The molecule has 0 fully saturated rings. The number of hydrogen-bond acceptors (Lipinski definition) is 22. The Morgan fingerprint density at radius 1 is 0.651 bits per heavy atom. The second kappa shape index (κ2) is 30.9. The fourth-order valence-corrected chi connectivity index (χ4v) is 14.3. The maximum absolute atomic E-state index is 14.2. The molecular weight excluding hydrogens is 1400 g/mol. The first-order chi connectivity index (χ1) is 50.5. The van der Waals surface area contributed by atoms with Gasteiger partial charge in [-0.3, -0.25) is 28.2 Å². The van der Waals surface area contributed by atoms with Crippen molar-refractivity contribution >= 4 is 99.8 Å². The predicted octanol–water partition coefficient (Wildman–Crippen LogP) is 5.51. The Kier molecular flexibility index (Phi) is 21.8. The summed E-state index contributed by atoms with van der Waals surface area (Å²) in [6.07, 6.45) is 8.12. The molecule has 552 valence electrons. The van der Waals surface area contributed by atoms with Gasteiger partial charge < -0.3 is 66.5 Å². The molecule has 29 nitrogen and oxygen atoms in total. The molecule has 0 unspecified atom stereocenters. The molecule has 3 aliphatic rings. The average Bonchev–Trinajstić information content (AvgIpc) is 0.784. The first-order valence-electron chi connectivity index (χ1n) is 34.2. The predicted molar refractivity (Wildman–Crippen MR) is 398 cm³/mol. The molecule has 0 bridgehead atoms. The number of hydrogen-bond donors (Lipinski definition) is 8. The number of pyridine rings is 3. The summed E-state index contributed by atoms with van der Waals surface area (Å²) in [6, 6.07) is 31.4. The monoisotopic (exact) mass is 1480 g/mol. The number of ether oxygens (including phenoxy) is 4. The van der Waals surface area contributed by atoms with Crippen molar-refractivity contribution in [2.45, 2.75) is 77.5 Å². The van der Waals surface area contributed by atoms with E-state index in [1.165, 1.54) is 30.3 Å². The minimum atomic E-state index is -4.58. The number of rotatable bonds is 30. The molecule has 9 aromatic rings.